The number of ether oxygens (including phenoxy) is 2. The van der Waals surface area contributed by atoms with Gasteiger partial charge in [-0.2, -0.15) is 0 Å². The summed E-state index contributed by atoms with van der Waals surface area (Å²) in [4.78, 5) is 49.6. The summed E-state index contributed by atoms with van der Waals surface area (Å²) >= 11 is 0. The van der Waals surface area contributed by atoms with Crippen molar-refractivity contribution in [3.63, 3.8) is 0 Å². The third kappa shape index (κ3) is 5.58. The number of hydrogen-bond donors (Lipinski definition) is 1. The predicted octanol–water partition coefficient (Wildman–Crippen LogP) is 0.915. The monoisotopic (exact) mass is 566 g/mol. The van der Waals surface area contributed by atoms with Crippen LogP contribution < -0.4 is 0 Å². The van der Waals surface area contributed by atoms with Gasteiger partial charge in [-0.25, -0.2) is 0 Å². The van der Waals surface area contributed by atoms with E-state index in [0.29, 0.717) is 58.8 Å². The lowest BCUT2D eigenvalue weighted by Gasteiger charge is -2.37. The molecule has 0 radical (unpaired) electrons. The number of fused-ring (bicyclic) bond motifs is 1. The number of likely N-dealkylation sites (tertiary alicyclic amines) is 1. The van der Waals surface area contributed by atoms with Crippen LogP contribution in [0.2, 0.25) is 0 Å². The number of morpholine rings is 1. The van der Waals surface area contributed by atoms with Crippen molar-refractivity contribution in [1.29, 1.82) is 0 Å². The second-order valence-electron chi connectivity index (χ2n) is 11.3. The summed E-state index contributed by atoms with van der Waals surface area (Å²) in [5.74, 6) is -2.14. The van der Waals surface area contributed by atoms with Crippen molar-refractivity contribution in [3.05, 3.63) is 61.2 Å². The molecule has 4 aliphatic rings. The molecule has 4 fully saturated rings. The number of amides is 3. The van der Waals surface area contributed by atoms with E-state index in [-0.39, 0.29) is 30.9 Å². The molecule has 5 atom stereocenters. The zero-order valence-corrected chi connectivity index (χ0v) is 23.7. The fraction of sp³-hybridized carbons (Fsp3) is 0.581. The zero-order chi connectivity index (χ0) is 29.0. The quantitative estimate of drug-likeness (QED) is 0.354. The van der Waals surface area contributed by atoms with Gasteiger partial charge in [0.05, 0.1) is 37.8 Å². The van der Waals surface area contributed by atoms with Crippen LogP contribution in [-0.2, 0) is 30.4 Å². The van der Waals surface area contributed by atoms with Gasteiger partial charge in [0.2, 0.25) is 17.7 Å². The number of aliphatic hydroxyl groups excluding tert-OH is 1. The van der Waals surface area contributed by atoms with E-state index in [1.165, 1.54) is 4.90 Å². The Bertz CT molecular complexity index is 1120. The molecular formula is C31H42N4O6. The molecule has 5 rings (SSSR count). The van der Waals surface area contributed by atoms with E-state index in [1.807, 2.05) is 30.3 Å². The van der Waals surface area contributed by atoms with Gasteiger partial charge in [-0.15, -0.1) is 13.2 Å². The Morgan fingerprint density at radius 2 is 1.76 bits per heavy atom. The summed E-state index contributed by atoms with van der Waals surface area (Å²) in [6, 6.07) is 8.81. The van der Waals surface area contributed by atoms with Crippen LogP contribution in [0.1, 0.15) is 18.4 Å². The van der Waals surface area contributed by atoms with E-state index in [4.69, 9.17) is 9.47 Å². The molecule has 10 heteroatoms. The van der Waals surface area contributed by atoms with Crippen LogP contribution in [-0.4, -0.2) is 126 Å². The molecule has 1 aromatic carbocycles. The molecule has 4 aliphatic heterocycles. The normalized spacial score (nSPS) is 28.9. The van der Waals surface area contributed by atoms with Gasteiger partial charge in [-0.05, 0) is 18.4 Å². The average molecular weight is 567 g/mol. The molecule has 0 saturated carbocycles. The highest BCUT2D eigenvalue weighted by molar-refractivity contribution is 5.99. The standard InChI is InChI=1S/C31H42N4O6/c1-3-12-33(15-14-32-17-20-40-21-18-32)30(39)27-31-11-10-24(41-31)25(26(31)29(38)35(27)16-19-36)28(37)34(13-4-2)22-23-8-6-5-7-9-23/h3-9,24-27,36H,1-2,10-22H2/t24-,25+,26-,27?,31?/m0/s1. The molecule has 1 aromatic rings. The number of carbonyl (C=O) groups is 3. The second-order valence-corrected chi connectivity index (χ2v) is 11.3. The maximum Gasteiger partial charge on any atom is 0.248 e. The average Bonchev–Trinajstić information content (AvgIpc) is 3.63. The number of nitrogens with zero attached hydrogens (tertiary/aromatic N) is 4. The molecule has 1 spiro atoms. The van der Waals surface area contributed by atoms with E-state index in [2.05, 4.69) is 18.1 Å². The van der Waals surface area contributed by atoms with Crippen LogP contribution in [0.3, 0.4) is 0 Å². The van der Waals surface area contributed by atoms with E-state index in [0.717, 1.165) is 18.7 Å². The smallest absolute Gasteiger partial charge is 0.248 e. The number of benzene rings is 1. The van der Waals surface area contributed by atoms with Gasteiger partial charge in [0, 0.05) is 52.4 Å². The minimum atomic E-state index is -1.10. The minimum absolute atomic E-state index is 0.00814. The second kappa shape index (κ2) is 12.9. The highest BCUT2D eigenvalue weighted by Gasteiger charge is 2.74. The first kappa shape index (κ1) is 29.4. The van der Waals surface area contributed by atoms with Gasteiger partial charge in [0.15, 0.2) is 0 Å². The van der Waals surface area contributed by atoms with Crippen LogP contribution in [0.25, 0.3) is 0 Å². The Balaban J connectivity index is 1.41. The third-order valence-electron chi connectivity index (χ3n) is 8.99. The van der Waals surface area contributed by atoms with Crippen molar-refractivity contribution in [2.75, 3.05) is 65.6 Å². The minimum Gasteiger partial charge on any atom is -0.395 e. The third-order valence-corrected chi connectivity index (χ3v) is 8.99. The number of hydrogen-bond acceptors (Lipinski definition) is 7. The summed E-state index contributed by atoms with van der Waals surface area (Å²) in [6.07, 6.45) is 4.05. The van der Waals surface area contributed by atoms with Gasteiger partial charge in [-0.1, -0.05) is 42.5 Å². The lowest BCUT2D eigenvalue weighted by atomic mass is 9.70. The highest BCUT2D eigenvalue weighted by atomic mass is 16.5. The Morgan fingerprint density at radius 1 is 1.05 bits per heavy atom. The van der Waals surface area contributed by atoms with Crippen molar-refractivity contribution in [3.8, 4) is 0 Å². The Morgan fingerprint density at radius 3 is 2.44 bits per heavy atom. The molecule has 3 amide bonds. The van der Waals surface area contributed by atoms with Gasteiger partial charge in [0.25, 0.3) is 0 Å². The molecule has 1 N–H and O–H groups in total. The lowest BCUT2D eigenvalue weighted by molar-refractivity contribution is -0.149. The Kier molecular flexibility index (Phi) is 9.23. The van der Waals surface area contributed by atoms with Crippen molar-refractivity contribution in [2.24, 2.45) is 11.8 Å². The molecule has 0 aromatic heterocycles. The fourth-order valence-corrected chi connectivity index (χ4v) is 7.17. The molecule has 222 valence electrons. The maximum absolute atomic E-state index is 14.3. The molecule has 4 saturated heterocycles. The largest absolute Gasteiger partial charge is 0.395 e. The zero-order valence-electron chi connectivity index (χ0n) is 23.7. The highest BCUT2D eigenvalue weighted by Crippen LogP contribution is 2.58. The summed E-state index contributed by atoms with van der Waals surface area (Å²) in [7, 11) is 0. The maximum atomic E-state index is 14.3. The van der Waals surface area contributed by atoms with Crippen molar-refractivity contribution in [2.45, 2.75) is 37.1 Å². The molecule has 41 heavy (non-hydrogen) atoms. The Hall–Kier alpha value is -3.05. The van der Waals surface area contributed by atoms with Crippen molar-refractivity contribution < 1.29 is 29.0 Å². The van der Waals surface area contributed by atoms with E-state index >= 15 is 0 Å². The van der Waals surface area contributed by atoms with Crippen LogP contribution >= 0.6 is 0 Å². The van der Waals surface area contributed by atoms with E-state index < -0.39 is 29.6 Å². The molecular weight excluding hydrogens is 524 g/mol. The number of rotatable bonds is 13. The molecule has 2 unspecified atom stereocenters. The van der Waals surface area contributed by atoms with Crippen LogP contribution in [0.15, 0.2) is 55.6 Å². The first-order valence-electron chi connectivity index (χ1n) is 14.7. The number of β-amino-alcohol motifs (C(OH)–C–C–N with tert-alkyl or cyclic N) is 1. The predicted molar refractivity (Wildman–Crippen MR) is 152 cm³/mol. The number of aliphatic hydroxyl groups is 1. The van der Waals surface area contributed by atoms with Gasteiger partial charge >= 0.3 is 0 Å². The summed E-state index contributed by atoms with van der Waals surface area (Å²) < 4.78 is 12.0. The van der Waals surface area contributed by atoms with Crippen LogP contribution in [0, 0.1) is 11.8 Å². The van der Waals surface area contributed by atoms with Gasteiger partial charge in [-0.3, -0.25) is 19.3 Å². The van der Waals surface area contributed by atoms with Crippen LogP contribution in [0.4, 0.5) is 0 Å². The van der Waals surface area contributed by atoms with Crippen LogP contribution in [0.5, 0.6) is 0 Å². The molecule has 4 heterocycles. The number of carbonyl (C=O) groups excluding carboxylic acids is 3. The molecule has 2 bridgehead atoms. The van der Waals surface area contributed by atoms with Crippen molar-refractivity contribution >= 4 is 17.7 Å². The molecule has 0 aliphatic carbocycles. The first-order valence-corrected chi connectivity index (χ1v) is 14.7. The van der Waals surface area contributed by atoms with E-state index in [9.17, 15) is 19.5 Å². The summed E-state index contributed by atoms with van der Waals surface area (Å²) in [5.41, 5.74) is -0.117. The summed E-state index contributed by atoms with van der Waals surface area (Å²) in [5, 5.41) is 9.91. The SMILES string of the molecule is C=CCN(CCN1CCOCC1)C(=O)C1N(CCO)C(=O)[C@@H]2[C@H](C(=O)N(CC=C)Cc3ccccc3)[C@@H]3CCC12O3. The first-order chi connectivity index (χ1) is 19.9. The fourth-order valence-electron chi connectivity index (χ4n) is 7.17. The van der Waals surface area contributed by atoms with Gasteiger partial charge in [0.1, 0.15) is 11.6 Å². The summed E-state index contributed by atoms with van der Waals surface area (Å²) in [6.45, 7) is 12.6. The van der Waals surface area contributed by atoms with Gasteiger partial charge < -0.3 is 29.3 Å². The lowest BCUT2D eigenvalue weighted by Crippen LogP contribution is -2.57. The Labute approximate surface area is 242 Å². The van der Waals surface area contributed by atoms with Crippen molar-refractivity contribution in [1.82, 2.24) is 19.6 Å². The molecule has 10 nitrogen and oxygen atoms in total. The van der Waals surface area contributed by atoms with E-state index in [1.54, 1.807) is 22.0 Å². The topological polar surface area (TPSA) is 103 Å².